The molecule has 3 heterocycles. The first-order valence-corrected chi connectivity index (χ1v) is 10.3. The second-order valence-corrected chi connectivity index (χ2v) is 7.78. The fourth-order valence-electron chi connectivity index (χ4n) is 3.88. The van der Waals surface area contributed by atoms with Gasteiger partial charge in [0.2, 0.25) is 5.95 Å². The van der Waals surface area contributed by atoms with Crippen molar-refractivity contribution in [1.82, 2.24) is 24.6 Å². The van der Waals surface area contributed by atoms with Crippen LogP contribution in [-0.2, 0) is 0 Å². The summed E-state index contributed by atoms with van der Waals surface area (Å²) in [6.07, 6.45) is 6.09. The standard InChI is InChI=1S/C23H28N6O/c1-17-7-4-5-9-21(17)28-13-11-27(12-14-28)10-6-8-20-16-24-29(19(20)3)23-25-18(2)15-22(30)26-23/h4-9,15-16H,10-14H2,1-3H3,(H,25,26,30)/b8-6+. The Morgan fingerprint density at radius 1 is 1.10 bits per heavy atom. The zero-order chi connectivity index (χ0) is 21.1. The molecular weight excluding hydrogens is 376 g/mol. The molecule has 0 atom stereocenters. The average Bonchev–Trinajstić information content (AvgIpc) is 3.09. The SMILES string of the molecule is Cc1cc(=O)[nH]c(-n2ncc(/C=C/CN3CCN(c4ccccc4C)CC3)c2C)n1. The van der Waals surface area contributed by atoms with Gasteiger partial charge < -0.3 is 4.90 Å². The molecule has 0 bridgehead atoms. The van der Waals surface area contributed by atoms with Crippen molar-refractivity contribution in [2.75, 3.05) is 37.6 Å². The summed E-state index contributed by atoms with van der Waals surface area (Å²) in [7, 11) is 0. The topological polar surface area (TPSA) is 70.1 Å². The molecule has 0 spiro atoms. The molecule has 1 aliphatic heterocycles. The number of para-hydroxylation sites is 1. The maximum Gasteiger partial charge on any atom is 0.252 e. The second kappa shape index (κ2) is 8.67. The van der Waals surface area contributed by atoms with E-state index in [4.69, 9.17) is 0 Å². The lowest BCUT2D eigenvalue weighted by Crippen LogP contribution is -2.46. The molecule has 7 heteroatoms. The van der Waals surface area contributed by atoms with Gasteiger partial charge in [-0.2, -0.15) is 5.10 Å². The van der Waals surface area contributed by atoms with E-state index in [-0.39, 0.29) is 5.56 Å². The van der Waals surface area contributed by atoms with Crippen molar-refractivity contribution < 1.29 is 0 Å². The predicted molar refractivity (Wildman–Crippen MR) is 120 cm³/mol. The molecule has 30 heavy (non-hydrogen) atoms. The lowest BCUT2D eigenvalue weighted by molar-refractivity contribution is 0.284. The number of H-pyrrole nitrogens is 1. The van der Waals surface area contributed by atoms with E-state index in [1.807, 2.05) is 13.1 Å². The third kappa shape index (κ3) is 4.36. The fraction of sp³-hybridized carbons (Fsp3) is 0.348. The monoisotopic (exact) mass is 404 g/mol. The van der Waals surface area contributed by atoms with Gasteiger partial charge in [-0.25, -0.2) is 9.67 Å². The van der Waals surface area contributed by atoms with Gasteiger partial charge in [0.05, 0.1) is 11.9 Å². The third-order valence-electron chi connectivity index (χ3n) is 5.60. The van der Waals surface area contributed by atoms with Crippen molar-refractivity contribution in [3.05, 3.63) is 75.5 Å². The normalized spacial score (nSPS) is 15.2. The molecule has 156 valence electrons. The van der Waals surface area contributed by atoms with E-state index in [1.54, 1.807) is 11.6 Å². The number of anilines is 1. The van der Waals surface area contributed by atoms with E-state index in [2.05, 4.69) is 68.2 Å². The van der Waals surface area contributed by atoms with Crippen LogP contribution in [0.1, 0.15) is 22.5 Å². The van der Waals surface area contributed by atoms with Crippen LogP contribution >= 0.6 is 0 Å². The fourth-order valence-corrected chi connectivity index (χ4v) is 3.88. The largest absolute Gasteiger partial charge is 0.369 e. The zero-order valence-corrected chi connectivity index (χ0v) is 17.8. The van der Waals surface area contributed by atoms with Gasteiger partial charge in [0.25, 0.3) is 5.56 Å². The van der Waals surface area contributed by atoms with Crippen LogP contribution in [0.5, 0.6) is 0 Å². The van der Waals surface area contributed by atoms with Crippen molar-refractivity contribution in [3.8, 4) is 5.95 Å². The summed E-state index contributed by atoms with van der Waals surface area (Å²) in [6.45, 7) is 11.1. The number of aromatic nitrogens is 4. The predicted octanol–water partition coefficient (Wildman–Crippen LogP) is 2.72. The minimum Gasteiger partial charge on any atom is -0.369 e. The maximum atomic E-state index is 11.7. The van der Waals surface area contributed by atoms with Crippen LogP contribution in [0.2, 0.25) is 0 Å². The van der Waals surface area contributed by atoms with E-state index >= 15 is 0 Å². The Morgan fingerprint density at radius 2 is 1.87 bits per heavy atom. The maximum absolute atomic E-state index is 11.7. The van der Waals surface area contributed by atoms with Crippen LogP contribution in [0.15, 0.2) is 47.4 Å². The van der Waals surface area contributed by atoms with Crippen molar-refractivity contribution in [1.29, 1.82) is 0 Å². The van der Waals surface area contributed by atoms with Gasteiger partial charge in [-0.1, -0.05) is 30.4 Å². The summed E-state index contributed by atoms with van der Waals surface area (Å²) in [4.78, 5) is 23.8. The van der Waals surface area contributed by atoms with Crippen LogP contribution in [0, 0.1) is 20.8 Å². The summed E-state index contributed by atoms with van der Waals surface area (Å²) in [5.74, 6) is 0.449. The molecule has 4 rings (SSSR count). The molecule has 1 fully saturated rings. The van der Waals surface area contributed by atoms with Crippen LogP contribution in [0.25, 0.3) is 12.0 Å². The smallest absolute Gasteiger partial charge is 0.252 e. The highest BCUT2D eigenvalue weighted by molar-refractivity contribution is 5.53. The van der Waals surface area contributed by atoms with Crippen LogP contribution < -0.4 is 10.5 Å². The van der Waals surface area contributed by atoms with E-state index < -0.39 is 0 Å². The molecule has 2 aromatic heterocycles. The van der Waals surface area contributed by atoms with Gasteiger partial charge in [0.1, 0.15) is 0 Å². The summed E-state index contributed by atoms with van der Waals surface area (Å²) in [5.41, 5.74) is 5.16. The summed E-state index contributed by atoms with van der Waals surface area (Å²) in [5, 5.41) is 4.40. The molecule has 1 saturated heterocycles. The Labute approximate surface area is 176 Å². The van der Waals surface area contributed by atoms with Crippen LogP contribution in [0.4, 0.5) is 5.69 Å². The molecule has 0 unspecified atom stereocenters. The number of aryl methyl sites for hydroxylation is 2. The molecule has 1 N–H and O–H groups in total. The number of aromatic amines is 1. The third-order valence-corrected chi connectivity index (χ3v) is 5.60. The van der Waals surface area contributed by atoms with Gasteiger partial charge in [-0.05, 0) is 32.4 Å². The number of nitrogens with one attached hydrogen (secondary N) is 1. The Hall–Kier alpha value is -3.19. The molecular formula is C23H28N6O. The molecule has 7 nitrogen and oxygen atoms in total. The van der Waals surface area contributed by atoms with Crippen LogP contribution in [-0.4, -0.2) is 57.4 Å². The van der Waals surface area contributed by atoms with Crippen molar-refractivity contribution >= 4 is 11.8 Å². The van der Waals surface area contributed by atoms with E-state index in [1.165, 1.54) is 17.3 Å². The van der Waals surface area contributed by atoms with Crippen molar-refractivity contribution in [2.24, 2.45) is 0 Å². The number of hydrogen-bond donors (Lipinski definition) is 1. The summed E-state index contributed by atoms with van der Waals surface area (Å²) < 4.78 is 1.68. The molecule has 0 saturated carbocycles. The first kappa shape index (κ1) is 20.1. The molecule has 1 aliphatic rings. The minimum atomic E-state index is -0.172. The van der Waals surface area contributed by atoms with E-state index in [0.717, 1.165) is 44.0 Å². The van der Waals surface area contributed by atoms with E-state index in [9.17, 15) is 4.79 Å². The number of piperazine rings is 1. The Kier molecular flexibility index (Phi) is 5.81. The number of benzene rings is 1. The first-order valence-electron chi connectivity index (χ1n) is 10.3. The van der Waals surface area contributed by atoms with Gasteiger partial charge in [0.15, 0.2) is 0 Å². The highest BCUT2D eigenvalue weighted by Gasteiger charge is 2.17. The van der Waals surface area contributed by atoms with Crippen molar-refractivity contribution in [3.63, 3.8) is 0 Å². The van der Waals surface area contributed by atoms with Gasteiger partial charge in [-0.15, -0.1) is 0 Å². The number of rotatable bonds is 5. The quantitative estimate of drug-likeness (QED) is 0.708. The Morgan fingerprint density at radius 3 is 2.60 bits per heavy atom. The van der Waals surface area contributed by atoms with Gasteiger partial charge in [-0.3, -0.25) is 14.7 Å². The molecule has 3 aromatic rings. The van der Waals surface area contributed by atoms with Crippen molar-refractivity contribution in [2.45, 2.75) is 20.8 Å². The Bertz CT molecular complexity index is 1100. The molecule has 1 aromatic carbocycles. The molecule has 0 aliphatic carbocycles. The number of hydrogen-bond acceptors (Lipinski definition) is 5. The minimum absolute atomic E-state index is 0.172. The van der Waals surface area contributed by atoms with Gasteiger partial charge in [0, 0.05) is 55.7 Å². The molecule has 0 amide bonds. The first-order chi connectivity index (χ1) is 14.5. The lowest BCUT2D eigenvalue weighted by Gasteiger charge is -2.36. The summed E-state index contributed by atoms with van der Waals surface area (Å²) >= 11 is 0. The highest BCUT2D eigenvalue weighted by atomic mass is 16.1. The van der Waals surface area contributed by atoms with Gasteiger partial charge >= 0.3 is 0 Å². The summed E-state index contributed by atoms with van der Waals surface area (Å²) in [6, 6.07) is 10.1. The van der Waals surface area contributed by atoms with E-state index in [0.29, 0.717) is 11.6 Å². The Balaban J connectivity index is 1.36. The number of nitrogens with zero attached hydrogens (tertiary/aromatic N) is 5. The molecule has 0 radical (unpaired) electrons. The zero-order valence-electron chi connectivity index (χ0n) is 17.8. The average molecular weight is 405 g/mol. The second-order valence-electron chi connectivity index (χ2n) is 7.78. The van der Waals surface area contributed by atoms with Crippen LogP contribution in [0.3, 0.4) is 0 Å². The lowest BCUT2D eigenvalue weighted by atomic mass is 10.1. The highest BCUT2D eigenvalue weighted by Crippen LogP contribution is 2.20.